The highest BCUT2D eigenvalue weighted by molar-refractivity contribution is 5.75. The molecule has 2 amide bonds. The van der Waals surface area contributed by atoms with E-state index in [0.717, 1.165) is 48.9 Å². The number of carboxylic acid groups (broad SMARTS) is 1. The van der Waals surface area contributed by atoms with Crippen molar-refractivity contribution in [2.75, 3.05) is 7.05 Å². The van der Waals surface area contributed by atoms with Crippen molar-refractivity contribution in [3.05, 3.63) is 35.5 Å². The van der Waals surface area contributed by atoms with Gasteiger partial charge < -0.3 is 24.6 Å². The molecule has 2 saturated carbocycles. The van der Waals surface area contributed by atoms with Gasteiger partial charge in [0.2, 0.25) is 0 Å². The van der Waals surface area contributed by atoms with Crippen LogP contribution >= 0.6 is 0 Å². The number of urea groups is 1. The summed E-state index contributed by atoms with van der Waals surface area (Å²) >= 11 is 0. The summed E-state index contributed by atoms with van der Waals surface area (Å²) < 4.78 is 11.6. The third kappa shape index (κ3) is 5.49. The number of nitrogens with zero attached hydrogens (tertiary/aromatic N) is 2. The lowest BCUT2D eigenvalue weighted by Crippen LogP contribution is -2.42. The molecule has 8 nitrogen and oxygen atoms in total. The third-order valence-corrected chi connectivity index (χ3v) is 6.99. The Morgan fingerprint density at radius 3 is 2.58 bits per heavy atom. The van der Waals surface area contributed by atoms with E-state index in [2.05, 4.69) is 10.5 Å². The Kier molecular flexibility index (Phi) is 7.20. The molecule has 0 radical (unpaired) electrons. The number of carbonyl (C=O) groups is 2. The first-order valence-corrected chi connectivity index (χ1v) is 11.9. The van der Waals surface area contributed by atoms with Crippen molar-refractivity contribution < 1.29 is 24.0 Å². The summed E-state index contributed by atoms with van der Waals surface area (Å²) in [6.07, 6.45) is 7.39. The molecule has 0 bridgehead atoms. The molecule has 0 spiro atoms. The van der Waals surface area contributed by atoms with Gasteiger partial charge in [-0.15, -0.1) is 0 Å². The van der Waals surface area contributed by atoms with Gasteiger partial charge in [0.15, 0.2) is 5.76 Å². The fraction of sp³-hybridized carbons (Fsp3) is 0.560. The zero-order valence-corrected chi connectivity index (χ0v) is 19.4. The average Bonchev–Trinajstić information content (AvgIpc) is 3.48. The van der Waals surface area contributed by atoms with Gasteiger partial charge >= 0.3 is 12.0 Å². The molecular formula is C25H33N3O5. The number of nitrogens with one attached hydrogen (secondary N) is 1. The Bertz CT molecular complexity index is 965. The summed E-state index contributed by atoms with van der Waals surface area (Å²) in [6, 6.07) is 7.78. The monoisotopic (exact) mass is 455 g/mol. The van der Waals surface area contributed by atoms with Gasteiger partial charge in [-0.2, -0.15) is 0 Å². The smallest absolute Gasteiger partial charge is 0.317 e. The molecule has 2 aliphatic rings. The van der Waals surface area contributed by atoms with E-state index < -0.39 is 5.97 Å². The van der Waals surface area contributed by atoms with Crippen molar-refractivity contribution in [2.24, 2.45) is 5.92 Å². The van der Waals surface area contributed by atoms with E-state index in [1.807, 2.05) is 43.1 Å². The molecule has 0 unspecified atom stereocenters. The zero-order valence-electron chi connectivity index (χ0n) is 19.4. The van der Waals surface area contributed by atoms with E-state index in [9.17, 15) is 14.7 Å². The summed E-state index contributed by atoms with van der Waals surface area (Å²) in [5.41, 5.74) is 2.45. The molecule has 8 heteroatoms. The lowest BCUT2D eigenvalue weighted by atomic mass is 9.87. The number of carbonyl (C=O) groups excluding carboxylic acids is 1. The lowest BCUT2D eigenvalue weighted by molar-refractivity contribution is -0.143. The van der Waals surface area contributed by atoms with Crippen molar-refractivity contribution in [3.8, 4) is 17.1 Å². The maximum Gasteiger partial charge on any atom is 0.317 e. The van der Waals surface area contributed by atoms with Gasteiger partial charge in [0.05, 0.1) is 24.3 Å². The van der Waals surface area contributed by atoms with Gasteiger partial charge in [-0.1, -0.05) is 18.0 Å². The van der Waals surface area contributed by atoms with Crippen LogP contribution in [0.15, 0.2) is 28.8 Å². The number of hydrogen-bond acceptors (Lipinski definition) is 5. The normalized spacial score (nSPS) is 21.0. The average molecular weight is 456 g/mol. The molecule has 1 aromatic carbocycles. The minimum Gasteiger partial charge on any atom is -0.490 e. The van der Waals surface area contributed by atoms with Gasteiger partial charge in [0.1, 0.15) is 5.75 Å². The molecule has 1 aromatic heterocycles. The van der Waals surface area contributed by atoms with Gasteiger partial charge in [0.25, 0.3) is 0 Å². The predicted molar refractivity (Wildman–Crippen MR) is 123 cm³/mol. The Morgan fingerprint density at radius 1 is 1.15 bits per heavy atom. The minimum atomic E-state index is -0.742. The summed E-state index contributed by atoms with van der Waals surface area (Å²) in [7, 11) is 1.86. The molecule has 1 heterocycles. The fourth-order valence-corrected chi connectivity index (χ4v) is 4.92. The fourth-order valence-electron chi connectivity index (χ4n) is 4.92. The van der Waals surface area contributed by atoms with E-state index in [1.54, 1.807) is 0 Å². The standard InChI is InChI=1S/C25H33N3O5/c1-16-22(15-26-25(31)28(2)19-7-3-4-8-19)23(33-27-16)17-10-12-20(13-11-17)32-21-9-5-6-18(14-21)24(29)30/h10-13,18-19,21H,3-9,14-15H2,1-2H3,(H,26,31)(H,29,30)/t18-,21-/m0/s1. The molecule has 2 atom stereocenters. The van der Waals surface area contributed by atoms with E-state index in [4.69, 9.17) is 9.26 Å². The number of rotatable bonds is 7. The third-order valence-electron chi connectivity index (χ3n) is 6.99. The molecule has 178 valence electrons. The second-order valence-electron chi connectivity index (χ2n) is 9.25. The second-order valence-corrected chi connectivity index (χ2v) is 9.25. The summed E-state index contributed by atoms with van der Waals surface area (Å²) in [4.78, 5) is 25.7. The Morgan fingerprint density at radius 2 is 1.88 bits per heavy atom. The van der Waals surface area contributed by atoms with Crippen LogP contribution in [0.3, 0.4) is 0 Å². The van der Waals surface area contributed by atoms with Crippen molar-refractivity contribution in [3.63, 3.8) is 0 Å². The van der Waals surface area contributed by atoms with Crippen molar-refractivity contribution in [1.82, 2.24) is 15.4 Å². The van der Waals surface area contributed by atoms with Crippen molar-refractivity contribution in [2.45, 2.75) is 77.0 Å². The molecule has 2 N–H and O–H groups in total. The van der Waals surface area contributed by atoms with Crippen LogP contribution in [0.25, 0.3) is 11.3 Å². The Hall–Kier alpha value is -3.03. The number of aliphatic carboxylic acids is 1. The van der Waals surface area contributed by atoms with Crippen LogP contribution in [0.5, 0.6) is 5.75 Å². The van der Waals surface area contributed by atoms with Crippen LogP contribution in [0.1, 0.15) is 62.6 Å². The second kappa shape index (κ2) is 10.3. The minimum absolute atomic E-state index is 0.0793. The maximum absolute atomic E-state index is 12.6. The van der Waals surface area contributed by atoms with Crippen molar-refractivity contribution >= 4 is 12.0 Å². The molecule has 33 heavy (non-hydrogen) atoms. The zero-order chi connectivity index (χ0) is 23.4. The number of hydrogen-bond donors (Lipinski definition) is 2. The summed E-state index contributed by atoms with van der Waals surface area (Å²) in [6.45, 7) is 2.21. The molecule has 2 aliphatic carbocycles. The van der Waals surface area contributed by atoms with Crippen LogP contribution in [-0.2, 0) is 11.3 Å². The quantitative estimate of drug-likeness (QED) is 0.624. The number of aryl methyl sites for hydroxylation is 1. The maximum atomic E-state index is 12.6. The first-order valence-electron chi connectivity index (χ1n) is 11.9. The lowest BCUT2D eigenvalue weighted by Gasteiger charge is -2.27. The van der Waals surface area contributed by atoms with Gasteiger partial charge in [0, 0.05) is 24.2 Å². The highest BCUT2D eigenvalue weighted by Crippen LogP contribution is 2.31. The van der Waals surface area contributed by atoms with Crippen LogP contribution in [0.4, 0.5) is 4.79 Å². The predicted octanol–water partition coefficient (Wildman–Crippen LogP) is 4.76. The van der Waals surface area contributed by atoms with Crippen LogP contribution in [0.2, 0.25) is 0 Å². The van der Waals surface area contributed by atoms with E-state index >= 15 is 0 Å². The summed E-state index contributed by atoms with van der Waals surface area (Å²) in [5, 5.41) is 16.4. The highest BCUT2D eigenvalue weighted by atomic mass is 16.5. The van der Waals surface area contributed by atoms with Gasteiger partial charge in [-0.05, 0) is 69.7 Å². The largest absolute Gasteiger partial charge is 0.490 e. The van der Waals surface area contributed by atoms with E-state index in [1.165, 1.54) is 12.8 Å². The van der Waals surface area contributed by atoms with Crippen LogP contribution in [-0.4, -0.2) is 46.4 Å². The summed E-state index contributed by atoms with van der Waals surface area (Å²) in [5.74, 6) is 0.268. The Balaban J connectivity index is 1.38. The number of aromatic nitrogens is 1. The molecule has 2 fully saturated rings. The van der Waals surface area contributed by atoms with Gasteiger partial charge in [-0.25, -0.2) is 4.79 Å². The first-order chi connectivity index (χ1) is 15.9. The molecule has 0 aliphatic heterocycles. The van der Waals surface area contributed by atoms with Crippen LogP contribution < -0.4 is 10.1 Å². The first kappa shape index (κ1) is 23.1. The molecule has 4 rings (SSSR count). The number of ether oxygens (including phenoxy) is 1. The van der Waals surface area contributed by atoms with Crippen molar-refractivity contribution in [1.29, 1.82) is 0 Å². The molecular weight excluding hydrogens is 422 g/mol. The number of benzene rings is 1. The highest BCUT2D eigenvalue weighted by Gasteiger charge is 2.28. The molecule has 2 aromatic rings. The number of carboxylic acids is 1. The molecule has 0 saturated heterocycles. The van der Waals surface area contributed by atoms with Crippen LogP contribution in [0, 0.1) is 12.8 Å². The number of amides is 2. The topological polar surface area (TPSA) is 105 Å². The van der Waals surface area contributed by atoms with E-state index in [-0.39, 0.29) is 18.1 Å². The Labute approximate surface area is 194 Å². The SMILES string of the molecule is Cc1noc(-c2ccc(O[C@H]3CCC[C@H](C(=O)O)C3)cc2)c1CNC(=O)N(C)C1CCCC1. The van der Waals surface area contributed by atoms with Gasteiger partial charge in [-0.3, -0.25) is 4.79 Å². The van der Waals surface area contributed by atoms with E-state index in [0.29, 0.717) is 30.5 Å².